The maximum absolute atomic E-state index is 15.0. The summed E-state index contributed by atoms with van der Waals surface area (Å²) >= 11 is 11.9. The molecule has 0 aliphatic rings. The molecule has 0 fully saturated rings. The number of ether oxygens (including phenoxy) is 1. The molecule has 0 atom stereocenters. The number of hydrogen-bond acceptors (Lipinski definition) is 5. The summed E-state index contributed by atoms with van der Waals surface area (Å²) in [5, 5.41) is 11.7. The van der Waals surface area contributed by atoms with Gasteiger partial charge in [0.05, 0.1) is 23.0 Å². The van der Waals surface area contributed by atoms with E-state index in [4.69, 9.17) is 33.2 Å². The van der Waals surface area contributed by atoms with Crippen molar-refractivity contribution in [2.24, 2.45) is 0 Å². The van der Waals surface area contributed by atoms with Gasteiger partial charge in [0.2, 0.25) is 0 Å². The van der Waals surface area contributed by atoms with Crippen LogP contribution in [0.2, 0.25) is 10.2 Å². The number of Topliss-reactive ketones (excluding diaryl/α,β-unsaturated/α-hetero) is 1. The zero-order chi connectivity index (χ0) is 21.8. The summed E-state index contributed by atoms with van der Waals surface area (Å²) in [4.78, 5) is 30.1. The van der Waals surface area contributed by atoms with Gasteiger partial charge in [0.1, 0.15) is 10.9 Å². The van der Waals surface area contributed by atoms with Crippen LogP contribution in [0.25, 0.3) is 0 Å². The van der Waals surface area contributed by atoms with Crippen molar-refractivity contribution in [1.82, 2.24) is 15.3 Å². The molecule has 0 radical (unpaired) electrons. The van der Waals surface area contributed by atoms with E-state index in [1.54, 1.807) is 0 Å². The molecule has 30 heavy (non-hydrogen) atoms. The van der Waals surface area contributed by atoms with E-state index in [0.717, 1.165) is 0 Å². The van der Waals surface area contributed by atoms with Crippen molar-refractivity contribution < 1.29 is 18.7 Å². The smallest absolute Gasteiger partial charge is 0.273 e. The Bertz CT molecular complexity index is 1190. The van der Waals surface area contributed by atoms with Crippen molar-refractivity contribution >= 4 is 34.9 Å². The van der Waals surface area contributed by atoms with Gasteiger partial charge in [-0.2, -0.15) is 5.26 Å². The van der Waals surface area contributed by atoms with E-state index < -0.39 is 11.7 Å². The SMILES string of the molecule is CC(=O)c1cc(C#N)cc(Oc2c(Cl)ccc(CNC(=O)c3nc[nH]c3Cl)c2F)c1. The third-order valence-electron chi connectivity index (χ3n) is 4.04. The molecule has 0 aliphatic heterocycles. The number of aromatic nitrogens is 2. The summed E-state index contributed by atoms with van der Waals surface area (Å²) in [5.41, 5.74) is 0.485. The summed E-state index contributed by atoms with van der Waals surface area (Å²) < 4.78 is 20.5. The molecule has 7 nitrogen and oxygen atoms in total. The van der Waals surface area contributed by atoms with Crippen molar-refractivity contribution in [3.63, 3.8) is 0 Å². The molecular weight excluding hydrogens is 434 g/mol. The number of imidazole rings is 1. The fourth-order valence-corrected chi connectivity index (χ4v) is 2.91. The Labute approximate surface area is 180 Å². The first kappa shape index (κ1) is 21.3. The van der Waals surface area contributed by atoms with E-state index in [2.05, 4.69) is 15.3 Å². The molecule has 2 N–H and O–H groups in total. The zero-order valence-corrected chi connectivity index (χ0v) is 16.9. The van der Waals surface area contributed by atoms with E-state index in [1.807, 2.05) is 6.07 Å². The number of H-pyrrole nitrogens is 1. The summed E-state index contributed by atoms with van der Waals surface area (Å²) in [5.74, 6) is -1.90. The van der Waals surface area contributed by atoms with Crippen molar-refractivity contribution in [2.75, 3.05) is 0 Å². The monoisotopic (exact) mass is 446 g/mol. The number of carbonyl (C=O) groups excluding carboxylic acids is 2. The predicted molar refractivity (Wildman–Crippen MR) is 107 cm³/mol. The standard InChI is InChI=1S/C20H13Cl2FN4O3/c1-10(28)13-4-11(7-24)5-14(6-13)30-18-15(21)3-2-12(16(18)23)8-25-20(29)17-19(22)27-9-26-17/h2-6,9H,8H2,1H3,(H,25,29)(H,26,27). The predicted octanol–water partition coefficient (Wildman–Crippen LogP) is 4.65. The molecule has 1 aromatic heterocycles. The largest absolute Gasteiger partial charge is 0.453 e. The third kappa shape index (κ3) is 4.59. The lowest BCUT2D eigenvalue weighted by atomic mass is 10.1. The van der Waals surface area contributed by atoms with Gasteiger partial charge in [0.15, 0.2) is 23.0 Å². The molecular formula is C20H13Cl2FN4O3. The number of benzene rings is 2. The number of halogens is 3. The molecule has 1 amide bonds. The summed E-state index contributed by atoms with van der Waals surface area (Å²) in [6.07, 6.45) is 1.26. The topological polar surface area (TPSA) is 108 Å². The summed E-state index contributed by atoms with van der Waals surface area (Å²) in [7, 11) is 0. The van der Waals surface area contributed by atoms with E-state index in [1.165, 1.54) is 43.6 Å². The van der Waals surface area contributed by atoms with Crippen LogP contribution < -0.4 is 10.1 Å². The van der Waals surface area contributed by atoms with Gasteiger partial charge in [-0.3, -0.25) is 9.59 Å². The van der Waals surface area contributed by atoms with Crippen molar-refractivity contribution in [1.29, 1.82) is 5.26 Å². The molecule has 0 saturated heterocycles. The minimum atomic E-state index is -0.803. The third-order valence-corrected chi connectivity index (χ3v) is 4.62. The van der Waals surface area contributed by atoms with Crippen molar-refractivity contribution in [3.8, 4) is 17.6 Å². The molecule has 0 saturated carbocycles. The van der Waals surface area contributed by atoms with Gasteiger partial charge in [-0.25, -0.2) is 9.37 Å². The molecule has 3 aromatic rings. The number of aromatic amines is 1. The minimum Gasteiger partial charge on any atom is -0.453 e. The van der Waals surface area contributed by atoms with E-state index in [0.29, 0.717) is 0 Å². The normalized spacial score (nSPS) is 10.4. The van der Waals surface area contributed by atoms with Crippen molar-refractivity contribution in [2.45, 2.75) is 13.5 Å². The van der Waals surface area contributed by atoms with Crippen LogP contribution in [0.1, 0.15) is 38.9 Å². The Morgan fingerprint density at radius 2 is 2.07 bits per heavy atom. The molecule has 0 spiro atoms. The molecule has 152 valence electrons. The summed E-state index contributed by atoms with van der Waals surface area (Å²) in [6.45, 7) is 1.15. The van der Waals surface area contributed by atoms with Crippen LogP contribution in [0.15, 0.2) is 36.7 Å². The molecule has 2 aromatic carbocycles. The fourth-order valence-electron chi connectivity index (χ4n) is 2.54. The average Bonchev–Trinajstić information content (AvgIpc) is 3.16. The second kappa shape index (κ2) is 8.95. The Balaban J connectivity index is 1.86. The molecule has 0 bridgehead atoms. The Kier molecular flexibility index (Phi) is 6.35. The van der Waals surface area contributed by atoms with Crippen LogP contribution in [0.3, 0.4) is 0 Å². The maximum atomic E-state index is 15.0. The van der Waals surface area contributed by atoms with E-state index >= 15 is 0 Å². The lowest BCUT2D eigenvalue weighted by Gasteiger charge is -2.13. The van der Waals surface area contributed by atoms with Gasteiger partial charge in [-0.05, 0) is 31.2 Å². The van der Waals surface area contributed by atoms with Crippen molar-refractivity contribution in [3.05, 3.63) is 75.0 Å². The van der Waals surface area contributed by atoms with Crippen LogP contribution in [0.5, 0.6) is 11.5 Å². The second-order valence-corrected chi connectivity index (χ2v) is 6.90. The van der Waals surface area contributed by atoms with Crippen LogP contribution in [0.4, 0.5) is 4.39 Å². The molecule has 0 aliphatic carbocycles. The van der Waals surface area contributed by atoms with E-state index in [-0.39, 0.29) is 56.4 Å². The Morgan fingerprint density at radius 3 is 2.70 bits per heavy atom. The van der Waals surface area contributed by atoms with Crippen LogP contribution in [0, 0.1) is 17.1 Å². The number of amides is 1. The van der Waals surface area contributed by atoms with Gasteiger partial charge in [-0.15, -0.1) is 0 Å². The molecule has 10 heteroatoms. The molecule has 0 unspecified atom stereocenters. The Hall–Kier alpha value is -3.41. The molecule has 3 rings (SSSR count). The van der Waals surface area contributed by atoms with Gasteiger partial charge < -0.3 is 15.0 Å². The highest BCUT2D eigenvalue weighted by Gasteiger charge is 2.18. The lowest BCUT2D eigenvalue weighted by molar-refractivity contribution is 0.0945. The summed E-state index contributed by atoms with van der Waals surface area (Å²) in [6, 6.07) is 8.85. The zero-order valence-electron chi connectivity index (χ0n) is 15.4. The highest BCUT2D eigenvalue weighted by molar-refractivity contribution is 6.32. The maximum Gasteiger partial charge on any atom is 0.273 e. The van der Waals surface area contributed by atoms with Crippen LogP contribution in [-0.4, -0.2) is 21.7 Å². The number of nitrogens with one attached hydrogen (secondary N) is 2. The lowest BCUT2D eigenvalue weighted by Crippen LogP contribution is -2.24. The highest BCUT2D eigenvalue weighted by Crippen LogP contribution is 2.34. The number of nitriles is 1. The van der Waals surface area contributed by atoms with Gasteiger partial charge in [-0.1, -0.05) is 29.3 Å². The van der Waals surface area contributed by atoms with Gasteiger partial charge >= 0.3 is 0 Å². The first-order valence-electron chi connectivity index (χ1n) is 8.48. The number of ketones is 1. The van der Waals surface area contributed by atoms with Crippen LogP contribution in [-0.2, 0) is 6.54 Å². The number of hydrogen-bond donors (Lipinski definition) is 2. The average molecular weight is 447 g/mol. The minimum absolute atomic E-state index is 0.0207. The quantitative estimate of drug-likeness (QED) is 0.535. The number of carbonyl (C=O) groups is 2. The Morgan fingerprint density at radius 1 is 1.30 bits per heavy atom. The number of rotatable bonds is 6. The molecule has 1 heterocycles. The van der Waals surface area contributed by atoms with Crippen LogP contribution >= 0.6 is 23.2 Å². The van der Waals surface area contributed by atoms with E-state index in [9.17, 15) is 14.0 Å². The first-order valence-corrected chi connectivity index (χ1v) is 9.23. The van der Waals surface area contributed by atoms with Gasteiger partial charge in [0.25, 0.3) is 5.91 Å². The second-order valence-electron chi connectivity index (χ2n) is 6.11. The fraction of sp³-hybridized carbons (Fsp3) is 0.100. The number of nitrogens with zero attached hydrogens (tertiary/aromatic N) is 2. The van der Waals surface area contributed by atoms with Gasteiger partial charge in [0, 0.05) is 17.7 Å². The highest BCUT2D eigenvalue weighted by atomic mass is 35.5. The first-order chi connectivity index (χ1) is 14.3.